The Balaban J connectivity index is 1.19. The molecule has 7 rings (SSSR count). The average Bonchev–Trinajstić information content (AvgIpc) is 3.15. The summed E-state index contributed by atoms with van der Waals surface area (Å²) in [5, 5.41) is 8.62. The monoisotopic (exact) mass is 546 g/mol. The molecule has 1 saturated carbocycles. The van der Waals surface area contributed by atoms with Gasteiger partial charge in [0.2, 0.25) is 5.65 Å². The second kappa shape index (κ2) is 8.57. The number of piperidine rings is 1. The summed E-state index contributed by atoms with van der Waals surface area (Å²) >= 11 is 0. The molecule has 200 valence electrons. The summed E-state index contributed by atoms with van der Waals surface area (Å²) in [5.74, 6) is 1.97. The second-order valence-corrected chi connectivity index (χ2v) is 11.5. The number of fused-ring (bicyclic) bond motifs is 3. The summed E-state index contributed by atoms with van der Waals surface area (Å²) in [6.45, 7) is 6.22. The zero-order valence-corrected chi connectivity index (χ0v) is 22.4. The SMILES string of the molecule is CC[C@]1(C2=NC(C)=CC2)C2CCN(c3cnc4c(-c5ccc(OS(=O)(=O)F)c6ccccc56)[nH]nc4n3)CC21. The highest BCUT2D eigenvalue weighted by molar-refractivity contribution is 7.81. The first-order valence-electron chi connectivity index (χ1n) is 13.2. The largest absolute Gasteiger partial charge is 0.488 e. The summed E-state index contributed by atoms with van der Waals surface area (Å²) in [6.07, 6.45) is 7.22. The minimum absolute atomic E-state index is 0.0878. The van der Waals surface area contributed by atoms with Crippen LogP contribution < -0.4 is 9.08 Å². The van der Waals surface area contributed by atoms with Gasteiger partial charge < -0.3 is 9.08 Å². The van der Waals surface area contributed by atoms with Crippen LogP contribution in [-0.4, -0.2) is 47.4 Å². The molecule has 2 unspecified atom stereocenters. The molecule has 0 radical (unpaired) electrons. The minimum Gasteiger partial charge on any atom is -0.358 e. The van der Waals surface area contributed by atoms with Crippen molar-refractivity contribution < 1.29 is 16.5 Å². The Labute approximate surface area is 225 Å². The number of aromatic amines is 1. The molecule has 4 aromatic rings. The summed E-state index contributed by atoms with van der Waals surface area (Å²) in [4.78, 5) is 16.8. The smallest absolute Gasteiger partial charge is 0.358 e. The number of hydrogen-bond donors (Lipinski definition) is 1. The van der Waals surface area contributed by atoms with Gasteiger partial charge in [0.15, 0.2) is 5.75 Å². The summed E-state index contributed by atoms with van der Waals surface area (Å²) < 4.78 is 40.1. The van der Waals surface area contributed by atoms with E-state index in [0.29, 0.717) is 39.5 Å². The molecule has 2 aliphatic heterocycles. The van der Waals surface area contributed by atoms with E-state index in [9.17, 15) is 12.3 Å². The number of rotatable bonds is 6. The van der Waals surface area contributed by atoms with E-state index in [1.165, 1.54) is 11.8 Å². The van der Waals surface area contributed by atoms with Crippen LogP contribution in [0.4, 0.5) is 9.70 Å². The predicted octanol–water partition coefficient (Wildman–Crippen LogP) is 5.37. The fraction of sp³-hybridized carbons (Fsp3) is 0.357. The van der Waals surface area contributed by atoms with Crippen molar-refractivity contribution in [1.82, 2.24) is 20.2 Å². The van der Waals surface area contributed by atoms with E-state index in [4.69, 9.17) is 15.0 Å². The van der Waals surface area contributed by atoms with Gasteiger partial charge in [-0.1, -0.05) is 41.2 Å². The molecule has 11 heteroatoms. The lowest BCUT2D eigenvalue weighted by Gasteiger charge is -2.26. The summed E-state index contributed by atoms with van der Waals surface area (Å²) in [7, 11) is -5.16. The van der Waals surface area contributed by atoms with Gasteiger partial charge >= 0.3 is 10.5 Å². The molecule has 39 heavy (non-hydrogen) atoms. The molecule has 1 saturated heterocycles. The van der Waals surface area contributed by atoms with Crippen molar-refractivity contribution in [3.63, 3.8) is 0 Å². The molecule has 0 spiro atoms. The molecule has 0 amide bonds. The van der Waals surface area contributed by atoms with Gasteiger partial charge in [0.1, 0.15) is 11.3 Å². The van der Waals surface area contributed by atoms with Crippen molar-refractivity contribution in [1.29, 1.82) is 0 Å². The minimum atomic E-state index is -5.16. The van der Waals surface area contributed by atoms with Gasteiger partial charge in [0.25, 0.3) is 0 Å². The highest BCUT2D eigenvalue weighted by Crippen LogP contribution is 2.66. The molecular formula is C28H27FN6O3S. The number of nitrogens with zero attached hydrogens (tertiary/aromatic N) is 5. The number of H-pyrrole nitrogens is 1. The van der Waals surface area contributed by atoms with E-state index in [1.807, 2.05) is 12.1 Å². The number of hydrogen-bond acceptors (Lipinski definition) is 8. The van der Waals surface area contributed by atoms with Crippen LogP contribution in [0.15, 0.2) is 59.4 Å². The van der Waals surface area contributed by atoms with E-state index < -0.39 is 10.5 Å². The lowest BCUT2D eigenvalue weighted by molar-refractivity contribution is 0.442. The third-order valence-electron chi connectivity index (χ3n) is 8.77. The first-order chi connectivity index (χ1) is 18.8. The quantitative estimate of drug-likeness (QED) is 0.324. The molecule has 2 aromatic heterocycles. The molecule has 4 heterocycles. The molecule has 9 nitrogen and oxygen atoms in total. The van der Waals surface area contributed by atoms with Crippen LogP contribution in [-0.2, 0) is 10.5 Å². The van der Waals surface area contributed by atoms with Crippen molar-refractivity contribution in [2.45, 2.75) is 33.1 Å². The third-order valence-corrected chi connectivity index (χ3v) is 9.15. The Bertz CT molecular complexity index is 1820. The topological polar surface area (TPSA) is 113 Å². The number of aromatic nitrogens is 4. The average molecular weight is 547 g/mol. The van der Waals surface area contributed by atoms with Crippen molar-refractivity contribution in [3.8, 4) is 17.0 Å². The maximum Gasteiger partial charge on any atom is 0.488 e. The Kier molecular flexibility index (Phi) is 5.32. The molecule has 2 fully saturated rings. The van der Waals surface area contributed by atoms with Crippen molar-refractivity contribution in [3.05, 3.63) is 54.4 Å². The van der Waals surface area contributed by atoms with Crippen molar-refractivity contribution in [2.75, 3.05) is 18.0 Å². The first-order valence-corrected chi connectivity index (χ1v) is 14.5. The second-order valence-electron chi connectivity index (χ2n) is 10.6. The van der Waals surface area contributed by atoms with Crippen LogP contribution in [0, 0.1) is 17.3 Å². The van der Waals surface area contributed by atoms with Gasteiger partial charge in [0, 0.05) is 47.3 Å². The lowest BCUT2D eigenvalue weighted by atomic mass is 9.90. The van der Waals surface area contributed by atoms with Crippen LogP contribution in [0.3, 0.4) is 0 Å². The van der Waals surface area contributed by atoms with Crippen LogP contribution >= 0.6 is 0 Å². The van der Waals surface area contributed by atoms with Gasteiger partial charge in [-0.05, 0) is 49.1 Å². The number of halogens is 1. The van der Waals surface area contributed by atoms with Gasteiger partial charge in [-0.15, -0.1) is 0 Å². The number of nitrogens with one attached hydrogen (secondary N) is 1. The number of benzene rings is 2. The van der Waals surface area contributed by atoms with E-state index >= 15 is 0 Å². The van der Waals surface area contributed by atoms with E-state index in [0.717, 1.165) is 49.4 Å². The van der Waals surface area contributed by atoms with E-state index in [2.05, 4.69) is 39.2 Å². The van der Waals surface area contributed by atoms with Gasteiger partial charge in [-0.3, -0.25) is 10.1 Å². The number of allylic oxidation sites excluding steroid dienone is 2. The van der Waals surface area contributed by atoms with Crippen LogP contribution in [0.25, 0.3) is 33.2 Å². The normalized spacial score (nSPS) is 24.5. The molecular weight excluding hydrogens is 519 g/mol. The zero-order chi connectivity index (χ0) is 26.9. The van der Waals surface area contributed by atoms with Gasteiger partial charge in [-0.2, -0.15) is 13.5 Å². The first kappa shape index (κ1) is 24.2. The summed E-state index contributed by atoms with van der Waals surface area (Å²) in [5.41, 5.74) is 5.16. The highest BCUT2D eigenvalue weighted by Gasteiger charge is 2.66. The Hall–Kier alpha value is -3.86. The number of aliphatic imine (C=N–C) groups is 1. The Morgan fingerprint density at radius 2 is 2.00 bits per heavy atom. The fourth-order valence-electron chi connectivity index (χ4n) is 6.98. The summed E-state index contributed by atoms with van der Waals surface area (Å²) in [6, 6.07) is 10.1. The van der Waals surface area contributed by atoms with Gasteiger partial charge in [0.05, 0.1) is 11.9 Å². The molecule has 3 aliphatic rings. The predicted molar refractivity (Wildman–Crippen MR) is 148 cm³/mol. The van der Waals surface area contributed by atoms with Crippen LogP contribution in [0.2, 0.25) is 0 Å². The van der Waals surface area contributed by atoms with E-state index in [1.54, 1.807) is 24.4 Å². The maximum absolute atomic E-state index is 13.3. The highest BCUT2D eigenvalue weighted by atomic mass is 32.3. The zero-order valence-electron chi connectivity index (χ0n) is 21.6. The fourth-order valence-corrected chi connectivity index (χ4v) is 7.34. The lowest BCUT2D eigenvalue weighted by Crippen LogP contribution is -2.32. The molecule has 1 N–H and O–H groups in total. The van der Waals surface area contributed by atoms with Gasteiger partial charge in [-0.25, -0.2) is 9.97 Å². The van der Waals surface area contributed by atoms with Crippen molar-refractivity contribution >= 4 is 44.0 Å². The molecule has 1 aliphatic carbocycles. The van der Waals surface area contributed by atoms with Crippen LogP contribution in [0.5, 0.6) is 5.75 Å². The van der Waals surface area contributed by atoms with Crippen LogP contribution in [0.1, 0.15) is 33.1 Å². The molecule has 3 atom stereocenters. The Morgan fingerprint density at radius 3 is 2.74 bits per heavy atom. The maximum atomic E-state index is 13.3. The number of anilines is 1. The van der Waals surface area contributed by atoms with E-state index in [-0.39, 0.29) is 11.2 Å². The molecule has 2 aromatic carbocycles. The Morgan fingerprint density at radius 1 is 1.18 bits per heavy atom. The standard InChI is InChI=1S/C28H27FN6O3S/c1-3-28(23-11-8-16(2)31-23)20-12-13-35(15-21(20)28)24-14-30-26-25(33-34-27(26)32-24)19-9-10-22(38-39(29,36)37)18-7-5-4-6-17(18)19/h4-10,14,20-21H,3,11-13,15H2,1-2H3,(H,32,33,34)/t20?,21?,28-/m0/s1. The third kappa shape index (κ3) is 3.82. The van der Waals surface area contributed by atoms with Crippen molar-refractivity contribution in [2.24, 2.45) is 22.2 Å². The molecule has 0 bridgehead atoms.